The van der Waals surface area contributed by atoms with Crippen molar-refractivity contribution in [3.05, 3.63) is 24.3 Å². The SMILES string of the molecule is O=C1CC2CNC(Cl)C(Cl)N2c2ccccc2N1. The van der Waals surface area contributed by atoms with Gasteiger partial charge in [-0.3, -0.25) is 10.1 Å². The molecule has 1 aromatic carbocycles. The van der Waals surface area contributed by atoms with E-state index in [1.54, 1.807) is 0 Å². The Kier molecular flexibility index (Phi) is 3.09. The molecule has 2 aliphatic rings. The number of benzene rings is 1. The monoisotopic (exact) mass is 285 g/mol. The van der Waals surface area contributed by atoms with E-state index < -0.39 is 0 Å². The van der Waals surface area contributed by atoms with Gasteiger partial charge in [0.2, 0.25) is 5.91 Å². The molecule has 1 saturated heterocycles. The third kappa shape index (κ3) is 1.94. The van der Waals surface area contributed by atoms with Crippen molar-refractivity contribution >= 4 is 40.5 Å². The molecular weight excluding hydrogens is 273 g/mol. The maximum Gasteiger partial charge on any atom is 0.226 e. The Morgan fingerprint density at radius 2 is 2.06 bits per heavy atom. The van der Waals surface area contributed by atoms with Crippen LogP contribution in [0, 0.1) is 0 Å². The molecule has 0 bridgehead atoms. The molecule has 2 N–H and O–H groups in total. The van der Waals surface area contributed by atoms with Gasteiger partial charge >= 0.3 is 0 Å². The zero-order valence-corrected chi connectivity index (χ0v) is 11.1. The fourth-order valence-electron chi connectivity index (χ4n) is 2.51. The van der Waals surface area contributed by atoms with Crippen molar-refractivity contribution in [1.82, 2.24) is 5.32 Å². The van der Waals surface area contributed by atoms with Crippen LogP contribution in [0.2, 0.25) is 0 Å². The average molecular weight is 286 g/mol. The van der Waals surface area contributed by atoms with Crippen LogP contribution in [-0.4, -0.2) is 29.5 Å². The maximum atomic E-state index is 11.8. The molecule has 4 nitrogen and oxygen atoms in total. The van der Waals surface area contributed by atoms with Crippen molar-refractivity contribution in [2.24, 2.45) is 0 Å². The van der Waals surface area contributed by atoms with Crippen molar-refractivity contribution in [2.45, 2.75) is 23.5 Å². The zero-order valence-electron chi connectivity index (χ0n) is 9.57. The number of nitrogens with zero attached hydrogens (tertiary/aromatic N) is 1. The average Bonchev–Trinajstić information content (AvgIpc) is 2.49. The predicted octanol–water partition coefficient (Wildman–Crippen LogP) is 1.94. The van der Waals surface area contributed by atoms with Gasteiger partial charge in [-0.05, 0) is 12.1 Å². The van der Waals surface area contributed by atoms with Crippen molar-refractivity contribution in [1.29, 1.82) is 0 Å². The lowest BCUT2D eigenvalue weighted by Crippen LogP contribution is -2.59. The topological polar surface area (TPSA) is 44.4 Å². The highest BCUT2D eigenvalue weighted by molar-refractivity contribution is 6.31. The summed E-state index contributed by atoms with van der Waals surface area (Å²) in [5.74, 6) is 0.00800. The molecule has 1 aromatic rings. The number of hydrogen-bond acceptors (Lipinski definition) is 3. The molecule has 1 amide bonds. The van der Waals surface area contributed by atoms with E-state index in [0.717, 1.165) is 11.4 Å². The fraction of sp³-hybridized carbons (Fsp3) is 0.417. The summed E-state index contributed by atoms with van der Waals surface area (Å²) in [6.45, 7) is 0.652. The summed E-state index contributed by atoms with van der Waals surface area (Å²) in [5, 5.41) is 6.03. The van der Waals surface area contributed by atoms with Gasteiger partial charge in [0.1, 0.15) is 11.0 Å². The van der Waals surface area contributed by atoms with Gasteiger partial charge in [0.05, 0.1) is 17.4 Å². The minimum absolute atomic E-state index is 0.00800. The molecule has 3 atom stereocenters. The second-order valence-corrected chi connectivity index (χ2v) is 5.43. The third-order valence-corrected chi connectivity index (χ3v) is 4.31. The van der Waals surface area contributed by atoms with Crippen LogP contribution in [0.25, 0.3) is 0 Å². The number of rotatable bonds is 0. The molecule has 0 spiro atoms. The van der Waals surface area contributed by atoms with Crippen LogP contribution in [0.3, 0.4) is 0 Å². The van der Waals surface area contributed by atoms with Crippen LogP contribution in [0.1, 0.15) is 6.42 Å². The van der Waals surface area contributed by atoms with Gasteiger partial charge in [0.15, 0.2) is 0 Å². The normalized spacial score (nSPS) is 31.1. The molecule has 96 valence electrons. The molecule has 2 heterocycles. The quantitative estimate of drug-likeness (QED) is 0.566. The van der Waals surface area contributed by atoms with E-state index >= 15 is 0 Å². The molecular formula is C12H13Cl2N3O. The van der Waals surface area contributed by atoms with E-state index in [1.807, 2.05) is 29.2 Å². The Bertz CT molecular complexity index is 482. The first kappa shape index (κ1) is 12.1. The fourth-order valence-corrected chi connectivity index (χ4v) is 3.07. The van der Waals surface area contributed by atoms with Crippen LogP contribution < -0.4 is 15.5 Å². The number of carbonyl (C=O) groups excluding carboxylic acids is 1. The molecule has 18 heavy (non-hydrogen) atoms. The number of amides is 1. The summed E-state index contributed by atoms with van der Waals surface area (Å²) in [6, 6.07) is 7.69. The van der Waals surface area contributed by atoms with E-state index in [-0.39, 0.29) is 23.0 Å². The highest BCUT2D eigenvalue weighted by Crippen LogP contribution is 2.36. The standard InChI is InChI=1S/C12H13Cl2N3O/c13-11-12(14)17-7(6-15-11)5-10(18)16-8-3-1-2-4-9(8)17/h1-4,7,11-12,15H,5-6H2,(H,16,18). The summed E-state index contributed by atoms with van der Waals surface area (Å²) in [6.07, 6.45) is 0.411. The Hall–Kier alpha value is -0.970. The lowest BCUT2D eigenvalue weighted by atomic mass is 10.1. The summed E-state index contributed by atoms with van der Waals surface area (Å²) >= 11 is 12.5. The molecule has 2 aliphatic heterocycles. The van der Waals surface area contributed by atoms with Crippen molar-refractivity contribution in [3.8, 4) is 0 Å². The van der Waals surface area contributed by atoms with E-state index in [0.29, 0.717) is 13.0 Å². The number of piperazine rings is 1. The summed E-state index contributed by atoms with van der Waals surface area (Å²) in [7, 11) is 0. The van der Waals surface area contributed by atoms with Gasteiger partial charge < -0.3 is 10.2 Å². The Balaban J connectivity index is 2.07. The van der Waals surface area contributed by atoms with Gasteiger partial charge in [0, 0.05) is 13.0 Å². The minimum atomic E-state index is -0.376. The highest BCUT2D eigenvalue weighted by atomic mass is 35.5. The summed E-state index contributed by atoms with van der Waals surface area (Å²) < 4.78 is 0. The number of nitrogens with one attached hydrogen (secondary N) is 2. The largest absolute Gasteiger partial charge is 0.346 e. The molecule has 0 aromatic heterocycles. The third-order valence-electron chi connectivity index (χ3n) is 3.33. The predicted molar refractivity (Wildman–Crippen MR) is 73.2 cm³/mol. The molecule has 3 unspecified atom stereocenters. The molecule has 3 rings (SSSR count). The van der Waals surface area contributed by atoms with Crippen LogP contribution in [-0.2, 0) is 4.79 Å². The van der Waals surface area contributed by atoms with Crippen LogP contribution >= 0.6 is 23.2 Å². The van der Waals surface area contributed by atoms with Gasteiger partial charge in [-0.25, -0.2) is 0 Å². The number of carbonyl (C=O) groups is 1. The Morgan fingerprint density at radius 3 is 2.89 bits per heavy atom. The number of alkyl halides is 2. The number of hydrogen-bond donors (Lipinski definition) is 2. The lowest BCUT2D eigenvalue weighted by molar-refractivity contribution is -0.116. The smallest absolute Gasteiger partial charge is 0.226 e. The number of halogens is 2. The van der Waals surface area contributed by atoms with Gasteiger partial charge in [-0.2, -0.15) is 0 Å². The first-order valence-electron chi connectivity index (χ1n) is 5.85. The van der Waals surface area contributed by atoms with Crippen LogP contribution in [0.15, 0.2) is 24.3 Å². The van der Waals surface area contributed by atoms with Crippen LogP contribution in [0.5, 0.6) is 0 Å². The number of anilines is 2. The van der Waals surface area contributed by atoms with E-state index in [9.17, 15) is 4.79 Å². The number of para-hydroxylation sites is 2. The van der Waals surface area contributed by atoms with Gasteiger partial charge in [0.25, 0.3) is 0 Å². The molecule has 0 saturated carbocycles. The lowest BCUT2D eigenvalue weighted by Gasteiger charge is -2.42. The first-order valence-corrected chi connectivity index (χ1v) is 6.73. The summed E-state index contributed by atoms with van der Waals surface area (Å²) in [5.41, 5.74) is 1.02. The van der Waals surface area contributed by atoms with Crippen LogP contribution in [0.4, 0.5) is 11.4 Å². The second-order valence-electron chi connectivity index (χ2n) is 4.51. The van der Waals surface area contributed by atoms with Crippen molar-refractivity contribution < 1.29 is 4.79 Å². The zero-order chi connectivity index (χ0) is 12.7. The van der Waals surface area contributed by atoms with Crippen molar-refractivity contribution in [3.63, 3.8) is 0 Å². The first-order chi connectivity index (χ1) is 8.66. The molecule has 6 heteroatoms. The highest BCUT2D eigenvalue weighted by Gasteiger charge is 2.38. The molecule has 0 aliphatic carbocycles. The Morgan fingerprint density at radius 1 is 1.28 bits per heavy atom. The summed E-state index contributed by atoms with van der Waals surface area (Å²) in [4.78, 5) is 13.9. The van der Waals surface area contributed by atoms with Gasteiger partial charge in [-0.1, -0.05) is 23.7 Å². The van der Waals surface area contributed by atoms with E-state index in [1.165, 1.54) is 0 Å². The second kappa shape index (κ2) is 4.61. The van der Waals surface area contributed by atoms with E-state index in [2.05, 4.69) is 10.6 Å². The van der Waals surface area contributed by atoms with Crippen molar-refractivity contribution in [2.75, 3.05) is 16.8 Å². The number of fused-ring (bicyclic) bond motifs is 3. The van der Waals surface area contributed by atoms with Gasteiger partial charge in [-0.15, -0.1) is 11.6 Å². The molecule has 0 radical (unpaired) electrons. The Labute approximate surface area is 115 Å². The minimum Gasteiger partial charge on any atom is -0.346 e. The molecule has 1 fully saturated rings. The maximum absolute atomic E-state index is 11.8. The van der Waals surface area contributed by atoms with E-state index in [4.69, 9.17) is 23.2 Å².